The monoisotopic (exact) mass is 428 g/mol. The first-order valence-corrected chi connectivity index (χ1v) is 10.6. The van der Waals surface area contributed by atoms with Gasteiger partial charge in [-0.3, -0.25) is 4.79 Å². The van der Waals surface area contributed by atoms with Crippen molar-refractivity contribution in [2.24, 2.45) is 4.99 Å². The topological polar surface area (TPSA) is 65.4 Å². The summed E-state index contributed by atoms with van der Waals surface area (Å²) in [5.74, 6) is -0.411. The average molecular weight is 429 g/mol. The molecule has 0 spiro atoms. The molecule has 1 aliphatic heterocycles. The van der Waals surface area contributed by atoms with E-state index in [1.165, 1.54) is 0 Å². The zero-order valence-electron chi connectivity index (χ0n) is 15.7. The summed E-state index contributed by atoms with van der Waals surface area (Å²) >= 11 is 5.96. The average Bonchev–Trinajstić information content (AvgIpc) is 3.28. The second kappa shape index (κ2) is 7.55. The number of benzene rings is 3. The Balaban J connectivity index is 1.49. The molecular formula is C24H16N2O2S2. The molecule has 1 amide bonds. The van der Waals surface area contributed by atoms with E-state index in [-0.39, 0.29) is 11.8 Å². The number of amides is 1. The maximum Gasteiger partial charge on any atom is 0.280 e. The van der Waals surface area contributed by atoms with Gasteiger partial charge in [0.15, 0.2) is 5.88 Å². The predicted molar refractivity (Wildman–Crippen MR) is 122 cm³/mol. The van der Waals surface area contributed by atoms with E-state index in [0.717, 1.165) is 25.8 Å². The van der Waals surface area contributed by atoms with Gasteiger partial charge in [-0.05, 0) is 42.0 Å². The molecule has 2 heterocycles. The Kier molecular flexibility index (Phi) is 4.73. The van der Waals surface area contributed by atoms with Crippen molar-refractivity contribution < 1.29 is 9.90 Å². The fourth-order valence-corrected chi connectivity index (χ4v) is 4.49. The Morgan fingerprint density at radius 3 is 2.13 bits per heavy atom. The molecule has 0 fully saturated rings. The summed E-state index contributed by atoms with van der Waals surface area (Å²) in [7, 11) is 0. The number of hydrogen-bond acceptors (Lipinski definition) is 4. The molecular weight excluding hydrogens is 412 g/mol. The van der Waals surface area contributed by atoms with Gasteiger partial charge in [-0.25, -0.2) is 4.99 Å². The molecule has 0 saturated heterocycles. The fraction of sp³-hybridized carbons (Fsp3) is 0. The number of carbonyl (C=O) groups excluding carboxylic acids is 1. The number of rotatable bonds is 4. The number of hydrogen-bond donors (Lipinski definition) is 3. The zero-order valence-corrected chi connectivity index (χ0v) is 17.4. The third-order valence-corrected chi connectivity index (χ3v) is 6.22. The second-order valence-electron chi connectivity index (χ2n) is 6.85. The van der Waals surface area contributed by atoms with E-state index in [4.69, 9.17) is 0 Å². The molecule has 2 N–H and O–H groups in total. The number of H-pyrrole nitrogens is 1. The predicted octanol–water partition coefficient (Wildman–Crippen LogP) is 5.82. The second-order valence-corrected chi connectivity index (χ2v) is 8.51. The van der Waals surface area contributed by atoms with Crippen LogP contribution in [0.1, 0.15) is 21.5 Å². The largest absolute Gasteiger partial charge is 0.494 e. The number of aromatic amines is 1. The van der Waals surface area contributed by atoms with Crippen molar-refractivity contribution in [1.82, 2.24) is 4.98 Å². The van der Waals surface area contributed by atoms with E-state index < -0.39 is 0 Å². The molecule has 146 valence electrons. The summed E-state index contributed by atoms with van der Waals surface area (Å²) < 4.78 is 0. The van der Waals surface area contributed by atoms with Crippen molar-refractivity contribution in [2.45, 2.75) is 14.7 Å². The number of nitrogens with one attached hydrogen (secondary N) is 1. The van der Waals surface area contributed by atoms with Gasteiger partial charge in [-0.1, -0.05) is 54.2 Å². The number of thiol groups is 1. The minimum Gasteiger partial charge on any atom is -0.494 e. The highest BCUT2D eigenvalue weighted by Crippen LogP contribution is 2.38. The summed E-state index contributed by atoms with van der Waals surface area (Å²) in [4.78, 5) is 22.9. The van der Waals surface area contributed by atoms with E-state index >= 15 is 0 Å². The van der Waals surface area contributed by atoms with Gasteiger partial charge in [-0.15, -0.1) is 12.6 Å². The van der Waals surface area contributed by atoms with Crippen molar-refractivity contribution in [3.63, 3.8) is 0 Å². The number of fused-ring (bicyclic) bond motifs is 1. The molecule has 1 aliphatic rings. The molecule has 0 atom stereocenters. The van der Waals surface area contributed by atoms with Crippen molar-refractivity contribution in [3.05, 3.63) is 95.6 Å². The van der Waals surface area contributed by atoms with E-state index in [9.17, 15) is 9.90 Å². The van der Waals surface area contributed by atoms with Gasteiger partial charge in [0, 0.05) is 20.2 Å². The number of aliphatic imine (C=N–C) groups is 1. The van der Waals surface area contributed by atoms with Gasteiger partial charge in [-0.2, -0.15) is 0 Å². The van der Waals surface area contributed by atoms with Gasteiger partial charge in [0.1, 0.15) is 0 Å². The molecule has 3 aromatic carbocycles. The highest BCUT2D eigenvalue weighted by Gasteiger charge is 2.33. The lowest BCUT2D eigenvalue weighted by molar-refractivity contribution is 0.101. The van der Waals surface area contributed by atoms with Crippen LogP contribution in [0, 0.1) is 0 Å². The third kappa shape index (κ3) is 3.34. The first-order chi connectivity index (χ1) is 14.6. The molecule has 1 aromatic heterocycles. The normalized spacial score (nSPS) is 12.7. The van der Waals surface area contributed by atoms with Gasteiger partial charge in [0.05, 0.1) is 22.5 Å². The highest BCUT2D eigenvalue weighted by atomic mass is 32.2. The molecule has 0 aliphatic carbocycles. The minimum atomic E-state index is -0.357. The lowest BCUT2D eigenvalue weighted by Gasteiger charge is -2.04. The number of nitrogens with zero attached hydrogens (tertiary/aromatic N) is 1. The number of aromatic hydroxyl groups is 1. The first-order valence-electron chi connectivity index (χ1n) is 9.31. The summed E-state index contributed by atoms with van der Waals surface area (Å²) in [6.07, 6.45) is 0. The summed E-state index contributed by atoms with van der Waals surface area (Å²) in [6.45, 7) is 0. The Morgan fingerprint density at radius 1 is 0.800 bits per heavy atom. The highest BCUT2D eigenvalue weighted by molar-refractivity contribution is 7.99. The van der Waals surface area contributed by atoms with Crippen LogP contribution in [-0.2, 0) is 0 Å². The Bertz CT molecular complexity index is 1280. The Labute approximate surface area is 183 Å². The van der Waals surface area contributed by atoms with Crippen LogP contribution in [0.3, 0.4) is 0 Å². The van der Waals surface area contributed by atoms with Crippen LogP contribution in [0.4, 0.5) is 0 Å². The standard InChI is InChI=1S/C24H16N2O2S2/c27-23-19-20(24(28)25-21(19)14-6-10-16(29)11-7-14)22(26-23)15-8-12-18(13-9-15)30-17-4-2-1-3-5-17/h1-13,26-27,29H. The minimum absolute atomic E-state index is 0.0534. The van der Waals surface area contributed by atoms with Crippen LogP contribution in [0.25, 0.3) is 11.3 Å². The van der Waals surface area contributed by atoms with E-state index in [0.29, 0.717) is 22.5 Å². The van der Waals surface area contributed by atoms with Crippen molar-refractivity contribution in [2.75, 3.05) is 0 Å². The Hall–Kier alpha value is -3.22. The lowest BCUT2D eigenvalue weighted by atomic mass is 10.0. The van der Waals surface area contributed by atoms with Gasteiger partial charge in [0.2, 0.25) is 0 Å². The maximum absolute atomic E-state index is 12.7. The van der Waals surface area contributed by atoms with Crippen molar-refractivity contribution in [3.8, 4) is 17.1 Å². The maximum atomic E-state index is 12.7. The quantitative estimate of drug-likeness (QED) is 0.359. The molecule has 0 unspecified atom stereocenters. The van der Waals surface area contributed by atoms with Crippen LogP contribution < -0.4 is 0 Å². The van der Waals surface area contributed by atoms with Crippen LogP contribution in [0.2, 0.25) is 0 Å². The Morgan fingerprint density at radius 2 is 1.43 bits per heavy atom. The van der Waals surface area contributed by atoms with Crippen molar-refractivity contribution in [1.29, 1.82) is 0 Å². The van der Waals surface area contributed by atoms with Crippen LogP contribution >= 0.6 is 24.4 Å². The molecule has 0 saturated carbocycles. The molecule has 4 aromatic rings. The van der Waals surface area contributed by atoms with Crippen LogP contribution in [-0.4, -0.2) is 21.7 Å². The smallest absolute Gasteiger partial charge is 0.280 e. The van der Waals surface area contributed by atoms with Gasteiger partial charge >= 0.3 is 0 Å². The van der Waals surface area contributed by atoms with Crippen LogP contribution in [0.15, 0.2) is 98.5 Å². The summed E-state index contributed by atoms with van der Waals surface area (Å²) in [5.41, 5.74) is 3.48. The fourth-order valence-electron chi connectivity index (χ4n) is 3.50. The molecule has 30 heavy (non-hydrogen) atoms. The third-order valence-electron chi connectivity index (χ3n) is 4.91. The van der Waals surface area contributed by atoms with E-state index in [1.807, 2.05) is 66.7 Å². The molecule has 0 bridgehead atoms. The van der Waals surface area contributed by atoms with Crippen molar-refractivity contribution >= 4 is 36.0 Å². The van der Waals surface area contributed by atoms with Crippen LogP contribution in [0.5, 0.6) is 5.88 Å². The van der Waals surface area contributed by atoms with Gasteiger partial charge in [0.25, 0.3) is 5.91 Å². The number of carbonyl (C=O) groups is 1. The lowest BCUT2D eigenvalue weighted by Crippen LogP contribution is -1.99. The molecule has 4 nitrogen and oxygen atoms in total. The van der Waals surface area contributed by atoms with E-state index in [2.05, 4.69) is 34.7 Å². The zero-order chi connectivity index (χ0) is 20.7. The molecule has 0 radical (unpaired) electrons. The SMILES string of the molecule is O=C1N=C(c2ccc(S)cc2)c2c(O)[nH]c(-c3ccc(Sc4ccccc4)cc3)c21. The first kappa shape index (κ1) is 18.8. The number of aromatic nitrogens is 1. The van der Waals surface area contributed by atoms with Gasteiger partial charge < -0.3 is 10.1 Å². The molecule has 5 rings (SSSR count). The molecule has 6 heteroatoms. The summed E-state index contributed by atoms with van der Waals surface area (Å²) in [6, 6.07) is 25.4. The summed E-state index contributed by atoms with van der Waals surface area (Å²) in [5, 5.41) is 10.6. The van der Waals surface area contributed by atoms with E-state index in [1.54, 1.807) is 11.8 Å².